The Labute approximate surface area is 65.6 Å². The van der Waals surface area contributed by atoms with E-state index in [9.17, 15) is 0 Å². The number of furan rings is 1. The smallest absolute Gasteiger partial charge is 0.138 e. The van der Waals surface area contributed by atoms with Gasteiger partial charge >= 0.3 is 0 Å². The van der Waals surface area contributed by atoms with Crippen molar-refractivity contribution in [1.82, 2.24) is 0 Å². The van der Waals surface area contributed by atoms with Gasteiger partial charge in [0.15, 0.2) is 0 Å². The topological polar surface area (TPSA) is 42.6 Å². The maximum absolute atomic E-state index is 8.84. The van der Waals surface area contributed by atoms with Crippen molar-refractivity contribution in [3.63, 3.8) is 0 Å². The van der Waals surface area contributed by atoms with Crippen molar-refractivity contribution in [3.05, 3.63) is 24.2 Å². The number of aliphatic hydroxyl groups excluding tert-OH is 1. The lowest BCUT2D eigenvalue weighted by molar-refractivity contribution is 0.00570. The lowest BCUT2D eigenvalue weighted by atomic mass is 10.3. The van der Waals surface area contributed by atoms with E-state index in [1.54, 1.807) is 18.4 Å². The molecule has 11 heavy (non-hydrogen) atoms. The van der Waals surface area contributed by atoms with E-state index in [2.05, 4.69) is 0 Å². The SMILES string of the molecule is CCOC(CO)c1ccco1. The van der Waals surface area contributed by atoms with E-state index in [1.807, 2.05) is 6.92 Å². The summed E-state index contributed by atoms with van der Waals surface area (Å²) in [6, 6.07) is 3.56. The number of hydrogen-bond donors (Lipinski definition) is 1. The summed E-state index contributed by atoms with van der Waals surface area (Å²) in [6.45, 7) is 2.42. The van der Waals surface area contributed by atoms with Crippen molar-refractivity contribution < 1.29 is 14.3 Å². The molecular formula is C8H12O3. The van der Waals surface area contributed by atoms with Gasteiger partial charge in [-0.15, -0.1) is 0 Å². The van der Waals surface area contributed by atoms with E-state index in [4.69, 9.17) is 14.3 Å². The minimum atomic E-state index is -0.310. The lowest BCUT2D eigenvalue weighted by Gasteiger charge is -2.10. The summed E-state index contributed by atoms with van der Waals surface area (Å²) >= 11 is 0. The van der Waals surface area contributed by atoms with Gasteiger partial charge in [0.25, 0.3) is 0 Å². The summed E-state index contributed by atoms with van der Waals surface area (Å²) in [5.74, 6) is 0.675. The second-order valence-corrected chi connectivity index (χ2v) is 2.14. The molecule has 0 saturated heterocycles. The highest BCUT2D eigenvalue weighted by molar-refractivity contribution is 5.01. The van der Waals surface area contributed by atoms with Gasteiger partial charge in [-0.3, -0.25) is 0 Å². The molecule has 0 aliphatic rings. The van der Waals surface area contributed by atoms with Crippen molar-refractivity contribution in [1.29, 1.82) is 0 Å². The molecule has 0 saturated carbocycles. The van der Waals surface area contributed by atoms with Crippen LogP contribution in [-0.4, -0.2) is 18.3 Å². The molecule has 1 aromatic rings. The van der Waals surface area contributed by atoms with E-state index >= 15 is 0 Å². The molecule has 0 bridgehead atoms. The van der Waals surface area contributed by atoms with Gasteiger partial charge in [0.1, 0.15) is 11.9 Å². The summed E-state index contributed by atoms with van der Waals surface area (Å²) in [6.07, 6.45) is 1.26. The Morgan fingerprint density at radius 2 is 2.55 bits per heavy atom. The van der Waals surface area contributed by atoms with E-state index in [0.29, 0.717) is 12.4 Å². The van der Waals surface area contributed by atoms with Crippen LogP contribution < -0.4 is 0 Å². The Morgan fingerprint density at radius 1 is 1.73 bits per heavy atom. The van der Waals surface area contributed by atoms with Gasteiger partial charge in [-0.2, -0.15) is 0 Å². The molecule has 0 amide bonds. The molecule has 1 N–H and O–H groups in total. The van der Waals surface area contributed by atoms with Crippen LogP contribution in [0.4, 0.5) is 0 Å². The standard InChI is InChI=1S/C8H12O3/c1-2-10-8(6-9)7-4-3-5-11-7/h3-5,8-9H,2,6H2,1H3. The zero-order chi connectivity index (χ0) is 8.10. The molecule has 1 heterocycles. The molecular weight excluding hydrogens is 144 g/mol. The maximum Gasteiger partial charge on any atom is 0.138 e. The Hall–Kier alpha value is -0.800. The molecule has 0 radical (unpaired) electrons. The minimum absolute atomic E-state index is 0.0403. The largest absolute Gasteiger partial charge is 0.466 e. The normalized spacial score (nSPS) is 13.3. The number of aliphatic hydroxyl groups is 1. The van der Waals surface area contributed by atoms with Gasteiger partial charge < -0.3 is 14.3 Å². The van der Waals surface area contributed by atoms with Crippen LogP contribution in [0.3, 0.4) is 0 Å². The zero-order valence-electron chi connectivity index (χ0n) is 6.49. The average molecular weight is 156 g/mol. The average Bonchev–Trinajstić information content (AvgIpc) is 2.52. The van der Waals surface area contributed by atoms with E-state index in [-0.39, 0.29) is 12.7 Å². The third-order valence-corrected chi connectivity index (χ3v) is 1.39. The molecule has 0 spiro atoms. The van der Waals surface area contributed by atoms with Gasteiger partial charge in [-0.25, -0.2) is 0 Å². The number of hydrogen-bond acceptors (Lipinski definition) is 3. The Bertz CT molecular complexity index is 181. The van der Waals surface area contributed by atoms with Crippen LogP contribution in [0.15, 0.2) is 22.8 Å². The van der Waals surface area contributed by atoms with Gasteiger partial charge in [-0.05, 0) is 19.1 Å². The van der Waals surface area contributed by atoms with E-state index < -0.39 is 0 Å². The molecule has 0 aliphatic heterocycles. The molecule has 1 atom stereocenters. The third-order valence-electron chi connectivity index (χ3n) is 1.39. The molecule has 1 rings (SSSR count). The zero-order valence-corrected chi connectivity index (χ0v) is 6.49. The first kappa shape index (κ1) is 8.30. The molecule has 1 unspecified atom stereocenters. The highest BCUT2D eigenvalue weighted by Gasteiger charge is 2.11. The predicted molar refractivity (Wildman–Crippen MR) is 40.2 cm³/mol. The summed E-state index contributed by atoms with van der Waals surface area (Å²) in [5, 5.41) is 8.84. The molecule has 62 valence electrons. The van der Waals surface area contributed by atoms with Crippen LogP contribution in [0.2, 0.25) is 0 Å². The molecule has 3 heteroatoms. The molecule has 0 aliphatic carbocycles. The monoisotopic (exact) mass is 156 g/mol. The van der Waals surface area contributed by atoms with Crippen molar-refractivity contribution in [2.45, 2.75) is 13.0 Å². The second-order valence-electron chi connectivity index (χ2n) is 2.14. The van der Waals surface area contributed by atoms with Crippen molar-refractivity contribution in [3.8, 4) is 0 Å². The van der Waals surface area contributed by atoms with Gasteiger partial charge in [0, 0.05) is 6.61 Å². The number of ether oxygens (including phenoxy) is 1. The highest BCUT2D eigenvalue weighted by atomic mass is 16.5. The van der Waals surface area contributed by atoms with Gasteiger partial charge in [0.2, 0.25) is 0 Å². The maximum atomic E-state index is 8.84. The first-order chi connectivity index (χ1) is 5.38. The van der Waals surface area contributed by atoms with Crippen LogP contribution in [0.1, 0.15) is 18.8 Å². The van der Waals surface area contributed by atoms with Crippen LogP contribution >= 0.6 is 0 Å². The van der Waals surface area contributed by atoms with Gasteiger partial charge in [-0.1, -0.05) is 0 Å². The van der Waals surface area contributed by atoms with Crippen LogP contribution in [-0.2, 0) is 4.74 Å². The number of rotatable bonds is 4. The molecule has 0 fully saturated rings. The Balaban J connectivity index is 2.56. The second kappa shape index (κ2) is 4.16. The van der Waals surface area contributed by atoms with Crippen LogP contribution in [0, 0.1) is 0 Å². The van der Waals surface area contributed by atoms with Crippen LogP contribution in [0.5, 0.6) is 0 Å². The first-order valence-electron chi connectivity index (χ1n) is 3.64. The third kappa shape index (κ3) is 2.06. The molecule has 3 nitrogen and oxygen atoms in total. The van der Waals surface area contributed by atoms with Crippen molar-refractivity contribution >= 4 is 0 Å². The van der Waals surface area contributed by atoms with E-state index in [1.165, 1.54) is 0 Å². The van der Waals surface area contributed by atoms with Crippen LogP contribution in [0.25, 0.3) is 0 Å². The predicted octanol–water partition coefficient (Wildman–Crippen LogP) is 1.35. The fourth-order valence-corrected chi connectivity index (χ4v) is 0.900. The fourth-order valence-electron chi connectivity index (χ4n) is 0.900. The highest BCUT2D eigenvalue weighted by Crippen LogP contribution is 2.16. The first-order valence-corrected chi connectivity index (χ1v) is 3.64. The molecule has 0 aromatic carbocycles. The van der Waals surface area contributed by atoms with Gasteiger partial charge in [0.05, 0.1) is 12.9 Å². The quantitative estimate of drug-likeness (QED) is 0.715. The molecule has 1 aromatic heterocycles. The summed E-state index contributed by atoms with van der Waals surface area (Å²) in [4.78, 5) is 0. The van der Waals surface area contributed by atoms with E-state index in [0.717, 1.165) is 0 Å². The lowest BCUT2D eigenvalue weighted by Crippen LogP contribution is -2.07. The van der Waals surface area contributed by atoms with Crippen molar-refractivity contribution in [2.24, 2.45) is 0 Å². The Kier molecular flexibility index (Phi) is 3.14. The summed E-state index contributed by atoms with van der Waals surface area (Å²) in [5.41, 5.74) is 0. The summed E-state index contributed by atoms with van der Waals surface area (Å²) in [7, 11) is 0. The van der Waals surface area contributed by atoms with Crippen molar-refractivity contribution in [2.75, 3.05) is 13.2 Å². The fraction of sp³-hybridized carbons (Fsp3) is 0.500. The Morgan fingerprint density at radius 3 is 3.00 bits per heavy atom. The summed E-state index contributed by atoms with van der Waals surface area (Å²) < 4.78 is 10.2. The minimum Gasteiger partial charge on any atom is -0.466 e.